The summed E-state index contributed by atoms with van der Waals surface area (Å²) in [5.74, 6) is 0. The third-order valence-corrected chi connectivity index (χ3v) is 4.58. The molecule has 0 radical (unpaired) electrons. The molecule has 0 bridgehead atoms. The number of nitrogens with zero attached hydrogens (tertiary/aromatic N) is 1. The fourth-order valence-electron chi connectivity index (χ4n) is 2.92. The topological polar surface area (TPSA) is 15.3 Å². The molecule has 1 N–H and O–H groups in total. The van der Waals surface area contributed by atoms with Gasteiger partial charge in [0.1, 0.15) is 0 Å². The normalized spacial score (nSPS) is 23.2. The SMILES string of the molecule is Brc1ccccc1N1CC2(CCNCC2)C1. The molecule has 0 aromatic heterocycles. The summed E-state index contributed by atoms with van der Waals surface area (Å²) < 4.78 is 1.22. The van der Waals surface area contributed by atoms with E-state index in [-0.39, 0.29) is 0 Å². The van der Waals surface area contributed by atoms with E-state index in [1.54, 1.807) is 0 Å². The quantitative estimate of drug-likeness (QED) is 0.851. The van der Waals surface area contributed by atoms with Crippen LogP contribution in [0.25, 0.3) is 0 Å². The van der Waals surface area contributed by atoms with Crippen molar-refractivity contribution < 1.29 is 0 Å². The molecular formula is C13H17BrN2. The van der Waals surface area contributed by atoms with E-state index >= 15 is 0 Å². The van der Waals surface area contributed by atoms with Crippen LogP contribution in [-0.4, -0.2) is 26.2 Å². The second kappa shape index (κ2) is 4.04. The van der Waals surface area contributed by atoms with E-state index in [4.69, 9.17) is 0 Å². The Labute approximate surface area is 105 Å². The number of hydrogen-bond acceptors (Lipinski definition) is 2. The molecule has 1 aromatic carbocycles. The molecule has 86 valence electrons. The molecule has 3 heteroatoms. The first-order chi connectivity index (χ1) is 7.79. The lowest BCUT2D eigenvalue weighted by Gasteiger charge is -2.53. The zero-order chi connectivity index (χ0) is 11.0. The highest BCUT2D eigenvalue weighted by Gasteiger charge is 2.43. The largest absolute Gasteiger partial charge is 0.369 e. The molecule has 16 heavy (non-hydrogen) atoms. The number of nitrogens with one attached hydrogen (secondary N) is 1. The second-order valence-electron chi connectivity index (χ2n) is 5.06. The van der Waals surface area contributed by atoms with Gasteiger partial charge >= 0.3 is 0 Å². The molecule has 3 rings (SSSR count). The van der Waals surface area contributed by atoms with Crippen LogP contribution < -0.4 is 10.2 Å². The van der Waals surface area contributed by atoms with Gasteiger partial charge in [0.2, 0.25) is 0 Å². The van der Waals surface area contributed by atoms with Gasteiger partial charge in [-0.15, -0.1) is 0 Å². The van der Waals surface area contributed by atoms with Crippen molar-refractivity contribution in [1.29, 1.82) is 0 Å². The van der Waals surface area contributed by atoms with E-state index in [0.29, 0.717) is 5.41 Å². The van der Waals surface area contributed by atoms with Crippen molar-refractivity contribution in [3.05, 3.63) is 28.7 Å². The highest BCUT2D eigenvalue weighted by molar-refractivity contribution is 9.10. The fraction of sp³-hybridized carbons (Fsp3) is 0.538. The number of para-hydroxylation sites is 1. The van der Waals surface area contributed by atoms with Gasteiger partial charge in [-0.1, -0.05) is 12.1 Å². The van der Waals surface area contributed by atoms with Gasteiger partial charge in [-0.2, -0.15) is 0 Å². The van der Waals surface area contributed by atoms with E-state index in [0.717, 1.165) is 0 Å². The molecule has 1 spiro atoms. The van der Waals surface area contributed by atoms with Crippen LogP contribution in [0.5, 0.6) is 0 Å². The van der Waals surface area contributed by atoms with Gasteiger partial charge in [0.05, 0.1) is 5.69 Å². The summed E-state index contributed by atoms with van der Waals surface area (Å²) in [5, 5.41) is 3.45. The lowest BCUT2D eigenvalue weighted by molar-refractivity contribution is 0.150. The first-order valence-corrected chi connectivity index (χ1v) is 6.79. The number of piperidine rings is 1. The molecular weight excluding hydrogens is 264 g/mol. The van der Waals surface area contributed by atoms with Gasteiger partial charge in [0, 0.05) is 23.0 Å². The molecule has 2 saturated heterocycles. The Balaban J connectivity index is 1.71. The molecule has 2 heterocycles. The third kappa shape index (κ3) is 1.76. The maximum atomic E-state index is 3.63. The minimum Gasteiger partial charge on any atom is -0.369 e. The van der Waals surface area contributed by atoms with Crippen molar-refractivity contribution in [3.8, 4) is 0 Å². The summed E-state index contributed by atoms with van der Waals surface area (Å²) in [5.41, 5.74) is 1.97. The smallest absolute Gasteiger partial charge is 0.0511 e. The van der Waals surface area contributed by atoms with E-state index < -0.39 is 0 Å². The Morgan fingerprint density at radius 1 is 1.12 bits per heavy atom. The predicted octanol–water partition coefficient (Wildman–Crippen LogP) is 2.64. The van der Waals surface area contributed by atoms with Crippen LogP contribution in [0.3, 0.4) is 0 Å². The average molecular weight is 281 g/mol. The van der Waals surface area contributed by atoms with Crippen molar-refractivity contribution in [2.45, 2.75) is 12.8 Å². The molecule has 2 aliphatic rings. The lowest BCUT2D eigenvalue weighted by Crippen LogP contribution is -2.60. The van der Waals surface area contributed by atoms with E-state index in [1.807, 2.05) is 0 Å². The Morgan fingerprint density at radius 2 is 1.81 bits per heavy atom. The van der Waals surface area contributed by atoms with Crippen molar-refractivity contribution in [1.82, 2.24) is 5.32 Å². The standard InChI is InChI=1S/C13H17BrN2/c14-11-3-1-2-4-12(11)16-9-13(10-16)5-7-15-8-6-13/h1-4,15H,5-10H2. The third-order valence-electron chi connectivity index (χ3n) is 3.91. The summed E-state index contributed by atoms with van der Waals surface area (Å²) in [7, 11) is 0. The zero-order valence-electron chi connectivity index (χ0n) is 9.38. The van der Waals surface area contributed by atoms with Crippen molar-refractivity contribution in [2.24, 2.45) is 5.41 Å². The van der Waals surface area contributed by atoms with Crippen molar-refractivity contribution >= 4 is 21.6 Å². The summed E-state index contributed by atoms with van der Waals surface area (Å²) in [6, 6.07) is 8.53. The van der Waals surface area contributed by atoms with Gasteiger partial charge in [-0.05, 0) is 54.0 Å². The molecule has 2 fully saturated rings. The van der Waals surface area contributed by atoms with Crippen LogP contribution in [0, 0.1) is 5.41 Å². The minimum atomic E-state index is 0.612. The summed E-state index contributed by atoms with van der Waals surface area (Å²) >= 11 is 3.63. The molecule has 0 atom stereocenters. The molecule has 0 amide bonds. The highest BCUT2D eigenvalue weighted by atomic mass is 79.9. The van der Waals surface area contributed by atoms with Gasteiger partial charge in [0.25, 0.3) is 0 Å². The van der Waals surface area contributed by atoms with Gasteiger partial charge in [-0.3, -0.25) is 0 Å². The molecule has 0 saturated carbocycles. The van der Waals surface area contributed by atoms with E-state index in [2.05, 4.69) is 50.4 Å². The number of rotatable bonds is 1. The second-order valence-corrected chi connectivity index (χ2v) is 5.91. The van der Waals surface area contributed by atoms with Crippen LogP contribution >= 0.6 is 15.9 Å². The first-order valence-electron chi connectivity index (χ1n) is 5.99. The Bertz CT molecular complexity index is 377. The van der Waals surface area contributed by atoms with Crippen LogP contribution in [0.2, 0.25) is 0 Å². The Morgan fingerprint density at radius 3 is 2.50 bits per heavy atom. The van der Waals surface area contributed by atoms with Crippen molar-refractivity contribution in [2.75, 3.05) is 31.1 Å². The summed E-state index contributed by atoms with van der Waals surface area (Å²) in [4.78, 5) is 2.50. The first kappa shape index (κ1) is 10.6. The van der Waals surface area contributed by atoms with E-state index in [1.165, 1.54) is 49.2 Å². The van der Waals surface area contributed by atoms with Crippen LogP contribution in [0.1, 0.15) is 12.8 Å². The molecule has 0 unspecified atom stereocenters. The van der Waals surface area contributed by atoms with Crippen molar-refractivity contribution in [3.63, 3.8) is 0 Å². The molecule has 1 aromatic rings. The monoisotopic (exact) mass is 280 g/mol. The van der Waals surface area contributed by atoms with Gasteiger partial charge in [-0.25, -0.2) is 0 Å². The molecule has 0 aliphatic carbocycles. The number of hydrogen-bond donors (Lipinski definition) is 1. The maximum absolute atomic E-state index is 3.63. The number of benzene rings is 1. The molecule has 2 aliphatic heterocycles. The minimum absolute atomic E-state index is 0.612. The van der Waals surface area contributed by atoms with Crippen LogP contribution in [-0.2, 0) is 0 Å². The summed E-state index contributed by atoms with van der Waals surface area (Å²) in [6.07, 6.45) is 2.68. The Kier molecular flexibility index (Phi) is 2.68. The van der Waals surface area contributed by atoms with Crippen LogP contribution in [0.15, 0.2) is 28.7 Å². The number of halogens is 1. The molecule has 2 nitrogen and oxygen atoms in total. The average Bonchev–Trinajstić information content (AvgIpc) is 2.28. The lowest BCUT2D eigenvalue weighted by atomic mass is 9.72. The van der Waals surface area contributed by atoms with E-state index in [9.17, 15) is 0 Å². The van der Waals surface area contributed by atoms with Crippen LogP contribution in [0.4, 0.5) is 5.69 Å². The highest BCUT2D eigenvalue weighted by Crippen LogP contribution is 2.42. The summed E-state index contributed by atoms with van der Waals surface area (Å²) in [6.45, 7) is 4.86. The zero-order valence-corrected chi connectivity index (χ0v) is 11.0. The van der Waals surface area contributed by atoms with Gasteiger partial charge < -0.3 is 10.2 Å². The van der Waals surface area contributed by atoms with Gasteiger partial charge in [0.15, 0.2) is 0 Å². The Hall–Kier alpha value is -0.540. The predicted molar refractivity (Wildman–Crippen MR) is 70.9 cm³/mol. The number of anilines is 1. The fourth-order valence-corrected chi connectivity index (χ4v) is 3.45. The maximum Gasteiger partial charge on any atom is 0.0511 e.